The molecule has 0 aliphatic heterocycles. The third kappa shape index (κ3) is 2.46. The lowest BCUT2D eigenvalue weighted by Gasteiger charge is -2.09. The predicted molar refractivity (Wildman–Crippen MR) is 67.9 cm³/mol. The first-order chi connectivity index (χ1) is 7.66. The molecule has 0 saturated heterocycles. The van der Waals surface area contributed by atoms with Crippen molar-refractivity contribution in [2.45, 2.75) is 0 Å². The Kier molecular flexibility index (Phi) is 3.31. The van der Waals surface area contributed by atoms with Crippen molar-refractivity contribution in [2.75, 3.05) is 5.73 Å². The Bertz CT molecular complexity index is 519. The molecule has 0 saturated carbocycles. The van der Waals surface area contributed by atoms with Gasteiger partial charge in [0.15, 0.2) is 11.6 Å². The first kappa shape index (κ1) is 11.2. The third-order valence-corrected chi connectivity index (χ3v) is 2.72. The molecule has 82 valence electrons. The Hall–Kier alpha value is -1.26. The zero-order chi connectivity index (χ0) is 11.5. The highest BCUT2D eigenvalue weighted by Gasteiger charge is 2.06. The topological polar surface area (TPSA) is 48.1 Å². The largest absolute Gasteiger partial charge is 0.452 e. The zero-order valence-corrected chi connectivity index (χ0v) is 10.5. The summed E-state index contributed by atoms with van der Waals surface area (Å²) >= 11 is 9.33. The second-order valence-electron chi connectivity index (χ2n) is 3.06. The number of hydrogen-bond acceptors (Lipinski definition) is 3. The lowest BCUT2D eigenvalue weighted by atomic mass is 10.3. The van der Waals surface area contributed by atoms with Crippen molar-refractivity contribution in [3.05, 3.63) is 46.0 Å². The van der Waals surface area contributed by atoms with Gasteiger partial charge in [0.05, 0.1) is 5.02 Å². The summed E-state index contributed by atoms with van der Waals surface area (Å²) in [6.45, 7) is 0. The Morgan fingerprint density at radius 1 is 1.25 bits per heavy atom. The standard InChI is InChI=1S/C11H8BrClN2O/c12-7-3-4-8(13)10(6-7)16-9-2-1-5-15-11(9)14/h1-6H,(H2,14,15). The Morgan fingerprint density at radius 3 is 2.81 bits per heavy atom. The van der Waals surface area contributed by atoms with Crippen LogP contribution in [0.25, 0.3) is 0 Å². The quantitative estimate of drug-likeness (QED) is 0.915. The summed E-state index contributed by atoms with van der Waals surface area (Å²) in [4.78, 5) is 3.93. The Balaban J connectivity index is 2.34. The highest BCUT2D eigenvalue weighted by atomic mass is 79.9. The number of benzene rings is 1. The van der Waals surface area contributed by atoms with E-state index >= 15 is 0 Å². The summed E-state index contributed by atoms with van der Waals surface area (Å²) in [6.07, 6.45) is 1.60. The average molecular weight is 300 g/mol. The van der Waals surface area contributed by atoms with Crippen LogP contribution in [0.3, 0.4) is 0 Å². The van der Waals surface area contributed by atoms with Gasteiger partial charge in [-0.15, -0.1) is 0 Å². The van der Waals surface area contributed by atoms with E-state index < -0.39 is 0 Å². The fourth-order valence-electron chi connectivity index (χ4n) is 1.16. The molecule has 0 atom stereocenters. The summed E-state index contributed by atoms with van der Waals surface area (Å²) < 4.78 is 6.45. The van der Waals surface area contributed by atoms with E-state index in [1.165, 1.54) is 0 Å². The molecule has 1 aromatic carbocycles. The monoisotopic (exact) mass is 298 g/mol. The number of nitrogens with two attached hydrogens (primary N) is 1. The number of nitrogens with zero attached hydrogens (tertiary/aromatic N) is 1. The summed E-state index contributed by atoms with van der Waals surface area (Å²) in [7, 11) is 0. The minimum Gasteiger partial charge on any atom is -0.452 e. The molecule has 2 N–H and O–H groups in total. The molecule has 3 nitrogen and oxygen atoms in total. The molecule has 1 heterocycles. The van der Waals surface area contributed by atoms with Crippen LogP contribution >= 0.6 is 27.5 Å². The van der Waals surface area contributed by atoms with E-state index in [0.29, 0.717) is 22.3 Å². The van der Waals surface area contributed by atoms with E-state index in [1.54, 1.807) is 30.5 Å². The number of pyridine rings is 1. The molecule has 0 fully saturated rings. The highest BCUT2D eigenvalue weighted by molar-refractivity contribution is 9.10. The molecular weight excluding hydrogens is 291 g/mol. The SMILES string of the molecule is Nc1ncccc1Oc1cc(Br)ccc1Cl. The van der Waals surface area contributed by atoms with E-state index in [-0.39, 0.29) is 0 Å². The van der Waals surface area contributed by atoms with Crippen LogP contribution in [0, 0.1) is 0 Å². The molecule has 2 aromatic rings. The predicted octanol–water partition coefficient (Wildman–Crippen LogP) is 3.87. The van der Waals surface area contributed by atoms with Crippen molar-refractivity contribution >= 4 is 33.3 Å². The van der Waals surface area contributed by atoms with Crippen molar-refractivity contribution in [1.29, 1.82) is 0 Å². The van der Waals surface area contributed by atoms with Crippen LogP contribution in [0.2, 0.25) is 5.02 Å². The van der Waals surface area contributed by atoms with Crippen LogP contribution in [-0.4, -0.2) is 4.98 Å². The fourth-order valence-corrected chi connectivity index (χ4v) is 1.66. The van der Waals surface area contributed by atoms with Gasteiger partial charge in [0.1, 0.15) is 5.75 Å². The van der Waals surface area contributed by atoms with Gasteiger partial charge in [-0.2, -0.15) is 0 Å². The fraction of sp³-hybridized carbons (Fsp3) is 0. The van der Waals surface area contributed by atoms with Crippen molar-refractivity contribution in [3.63, 3.8) is 0 Å². The Labute approximate surface area is 106 Å². The number of rotatable bonds is 2. The van der Waals surface area contributed by atoms with Gasteiger partial charge in [0.25, 0.3) is 0 Å². The van der Waals surface area contributed by atoms with Gasteiger partial charge in [0.2, 0.25) is 0 Å². The van der Waals surface area contributed by atoms with E-state index in [0.717, 1.165) is 4.47 Å². The maximum absolute atomic E-state index is 5.99. The molecule has 0 spiro atoms. The van der Waals surface area contributed by atoms with Crippen LogP contribution in [-0.2, 0) is 0 Å². The van der Waals surface area contributed by atoms with Gasteiger partial charge < -0.3 is 10.5 Å². The maximum Gasteiger partial charge on any atom is 0.169 e. The molecule has 0 unspecified atom stereocenters. The van der Waals surface area contributed by atoms with E-state index in [2.05, 4.69) is 20.9 Å². The van der Waals surface area contributed by atoms with Gasteiger partial charge in [-0.05, 0) is 30.3 Å². The van der Waals surface area contributed by atoms with E-state index in [9.17, 15) is 0 Å². The summed E-state index contributed by atoms with van der Waals surface area (Å²) in [5.41, 5.74) is 5.67. The average Bonchev–Trinajstić information content (AvgIpc) is 2.27. The van der Waals surface area contributed by atoms with Crippen LogP contribution in [0.5, 0.6) is 11.5 Å². The summed E-state index contributed by atoms with van der Waals surface area (Å²) in [6, 6.07) is 8.83. The minimum atomic E-state index is 0.332. The molecule has 0 aliphatic rings. The van der Waals surface area contributed by atoms with Crippen molar-refractivity contribution in [1.82, 2.24) is 4.98 Å². The van der Waals surface area contributed by atoms with Gasteiger partial charge >= 0.3 is 0 Å². The zero-order valence-electron chi connectivity index (χ0n) is 8.15. The van der Waals surface area contributed by atoms with Gasteiger partial charge in [-0.1, -0.05) is 27.5 Å². The molecule has 0 amide bonds. The smallest absolute Gasteiger partial charge is 0.169 e. The Morgan fingerprint density at radius 2 is 2.06 bits per heavy atom. The first-order valence-corrected chi connectivity index (χ1v) is 5.67. The number of halogens is 2. The lowest BCUT2D eigenvalue weighted by Crippen LogP contribution is -1.94. The van der Waals surface area contributed by atoms with Crippen molar-refractivity contribution < 1.29 is 4.74 Å². The molecule has 0 bridgehead atoms. The van der Waals surface area contributed by atoms with Crippen LogP contribution in [0.4, 0.5) is 5.82 Å². The molecule has 0 aliphatic carbocycles. The molecular formula is C11H8BrClN2O. The number of aromatic nitrogens is 1. The second-order valence-corrected chi connectivity index (χ2v) is 4.39. The van der Waals surface area contributed by atoms with Crippen LogP contribution in [0.15, 0.2) is 41.0 Å². The van der Waals surface area contributed by atoms with Gasteiger partial charge in [-0.3, -0.25) is 0 Å². The van der Waals surface area contributed by atoms with E-state index in [1.807, 2.05) is 6.07 Å². The third-order valence-electron chi connectivity index (χ3n) is 1.91. The number of anilines is 1. The van der Waals surface area contributed by atoms with Gasteiger partial charge in [0, 0.05) is 10.7 Å². The number of hydrogen-bond donors (Lipinski definition) is 1. The van der Waals surface area contributed by atoms with Crippen LogP contribution in [0.1, 0.15) is 0 Å². The van der Waals surface area contributed by atoms with Crippen molar-refractivity contribution in [2.24, 2.45) is 0 Å². The minimum absolute atomic E-state index is 0.332. The molecule has 1 aromatic heterocycles. The summed E-state index contributed by atoms with van der Waals surface area (Å²) in [5.74, 6) is 1.36. The molecule has 5 heteroatoms. The van der Waals surface area contributed by atoms with Crippen LogP contribution < -0.4 is 10.5 Å². The number of ether oxygens (including phenoxy) is 1. The number of nitrogen functional groups attached to an aromatic ring is 1. The lowest BCUT2D eigenvalue weighted by molar-refractivity contribution is 0.483. The molecule has 0 radical (unpaired) electrons. The van der Waals surface area contributed by atoms with Gasteiger partial charge in [-0.25, -0.2) is 4.98 Å². The van der Waals surface area contributed by atoms with Crippen molar-refractivity contribution in [3.8, 4) is 11.5 Å². The second kappa shape index (κ2) is 4.72. The highest BCUT2D eigenvalue weighted by Crippen LogP contribution is 2.33. The normalized spacial score (nSPS) is 10.1. The summed E-state index contributed by atoms with van der Waals surface area (Å²) in [5, 5.41) is 0.520. The maximum atomic E-state index is 5.99. The molecule has 2 rings (SSSR count). The first-order valence-electron chi connectivity index (χ1n) is 4.50. The molecule has 16 heavy (non-hydrogen) atoms. The van der Waals surface area contributed by atoms with E-state index in [4.69, 9.17) is 22.1 Å².